The number of hydrogen-bond donors (Lipinski definition) is 1. The zero-order valence-corrected chi connectivity index (χ0v) is 11.1. The fourth-order valence-corrected chi connectivity index (χ4v) is 2.50. The summed E-state index contributed by atoms with van der Waals surface area (Å²) in [6.07, 6.45) is 1.75. The molecule has 0 spiro atoms. The Balaban J connectivity index is 2.17. The summed E-state index contributed by atoms with van der Waals surface area (Å²) >= 11 is 1.61. The van der Waals surface area contributed by atoms with Crippen molar-refractivity contribution in [3.05, 3.63) is 45.2 Å². The molecule has 4 heteroatoms. The van der Waals surface area contributed by atoms with Crippen molar-refractivity contribution in [2.24, 2.45) is 0 Å². The van der Waals surface area contributed by atoms with Crippen LogP contribution in [0.2, 0.25) is 0 Å². The largest absolute Gasteiger partial charge is 0.386 e. The molecular weight excluding hydrogens is 232 g/mol. The molecule has 3 nitrogen and oxygen atoms in total. The molecule has 2 aromatic heterocycles. The van der Waals surface area contributed by atoms with Crippen molar-refractivity contribution in [1.82, 2.24) is 9.97 Å². The molecule has 17 heavy (non-hydrogen) atoms. The van der Waals surface area contributed by atoms with Gasteiger partial charge in [-0.25, -0.2) is 4.98 Å². The van der Waals surface area contributed by atoms with E-state index in [1.54, 1.807) is 17.5 Å². The second kappa shape index (κ2) is 4.94. The number of nitrogens with zero attached hydrogens (tertiary/aromatic N) is 2. The van der Waals surface area contributed by atoms with Crippen LogP contribution in [-0.4, -0.2) is 15.1 Å². The van der Waals surface area contributed by atoms with Crippen molar-refractivity contribution in [3.8, 4) is 0 Å². The Kier molecular flexibility index (Phi) is 3.54. The first kappa shape index (κ1) is 12.2. The number of hydrogen-bond acceptors (Lipinski definition) is 4. The van der Waals surface area contributed by atoms with Gasteiger partial charge in [-0.2, -0.15) is 0 Å². The number of thiazole rings is 1. The van der Waals surface area contributed by atoms with E-state index in [-0.39, 0.29) is 0 Å². The molecule has 0 saturated heterocycles. The fourth-order valence-electron chi connectivity index (χ4n) is 1.87. The van der Waals surface area contributed by atoms with Gasteiger partial charge in [0.2, 0.25) is 0 Å². The third-order valence-corrected chi connectivity index (χ3v) is 3.46. The maximum absolute atomic E-state index is 10.2. The number of pyridine rings is 1. The monoisotopic (exact) mass is 248 g/mol. The number of aryl methyl sites for hydroxylation is 3. The number of aromatic nitrogens is 2. The van der Waals surface area contributed by atoms with Gasteiger partial charge in [0.25, 0.3) is 0 Å². The van der Waals surface area contributed by atoms with Crippen molar-refractivity contribution < 1.29 is 5.11 Å². The van der Waals surface area contributed by atoms with Gasteiger partial charge in [-0.15, -0.1) is 11.3 Å². The molecule has 0 saturated carbocycles. The summed E-state index contributed by atoms with van der Waals surface area (Å²) in [6.45, 7) is 5.95. The van der Waals surface area contributed by atoms with Crippen molar-refractivity contribution in [2.75, 3.05) is 0 Å². The van der Waals surface area contributed by atoms with Gasteiger partial charge in [-0.3, -0.25) is 4.98 Å². The SMILES string of the molecule is Cc1cnc(C(O)Cc2csc(C)n2)c(C)c1. The lowest BCUT2D eigenvalue weighted by Gasteiger charge is -2.11. The quantitative estimate of drug-likeness (QED) is 0.908. The van der Waals surface area contributed by atoms with Crippen LogP contribution in [0.4, 0.5) is 0 Å². The minimum Gasteiger partial charge on any atom is -0.386 e. The fraction of sp³-hybridized carbons (Fsp3) is 0.385. The molecule has 0 aliphatic rings. The third kappa shape index (κ3) is 2.90. The van der Waals surface area contributed by atoms with E-state index >= 15 is 0 Å². The van der Waals surface area contributed by atoms with Crippen LogP contribution in [0.3, 0.4) is 0 Å². The topological polar surface area (TPSA) is 46.0 Å². The van der Waals surface area contributed by atoms with Gasteiger partial charge in [0, 0.05) is 18.0 Å². The molecule has 2 heterocycles. The summed E-state index contributed by atoms with van der Waals surface area (Å²) in [4.78, 5) is 8.66. The van der Waals surface area contributed by atoms with Crippen LogP contribution < -0.4 is 0 Å². The van der Waals surface area contributed by atoms with Gasteiger partial charge in [0.05, 0.1) is 16.4 Å². The normalized spacial score (nSPS) is 12.7. The van der Waals surface area contributed by atoms with E-state index in [0.717, 1.165) is 27.5 Å². The zero-order valence-electron chi connectivity index (χ0n) is 10.3. The predicted molar refractivity (Wildman–Crippen MR) is 69.2 cm³/mol. The minimum absolute atomic E-state index is 0.529. The summed E-state index contributed by atoms with van der Waals surface area (Å²) in [7, 11) is 0. The van der Waals surface area contributed by atoms with Crippen LogP contribution >= 0.6 is 11.3 Å². The predicted octanol–water partition coefficient (Wildman–Crippen LogP) is 2.74. The first-order valence-electron chi connectivity index (χ1n) is 5.58. The number of aliphatic hydroxyl groups is 1. The lowest BCUT2D eigenvalue weighted by Crippen LogP contribution is -2.07. The Morgan fingerprint density at radius 2 is 2.12 bits per heavy atom. The second-order valence-corrected chi connectivity index (χ2v) is 5.35. The Hall–Kier alpha value is -1.26. The van der Waals surface area contributed by atoms with Crippen molar-refractivity contribution in [3.63, 3.8) is 0 Å². The molecule has 0 aromatic carbocycles. The van der Waals surface area contributed by atoms with Gasteiger partial charge < -0.3 is 5.11 Å². The highest BCUT2D eigenvalue weighted by atomic mass is 32.1. The van der Waals surface area contributed by atoms with Crippen LogP contribution in [0, 0.1) is 20.8 Å². The van der Waals surface area contributed by atoms with Gasteiger partial charge in [-0.05, 0) is 31.9 Å². The van der Waals surface area contributed by atoms with E-state index in [1.807, 2.05) is 32.2 Å². The summed E-state index contributed by atoms with van der Waals surface area (Å²) < 4.78 is 0. The van der Waals surface area contributed by atoms with Crippen LogP contribution in [0.1, 0.15) is 33.6 Å². The van der Waals surface area contributed by atoms with E-state index in [1.165, 1.54) is 0 Å². The van der Waals surface area contributed by atoms with E-state index < -0.39 is 6.10 Å². The maximum atomic E-state index is 10.2. The van der Waals surface area contributed by atoms with Crippen molar-refractivity contribution in [2.45, 2.75) is 33.3 Å². The molecule has 1 atom stereocenters. The molecule has 0 aliphatic heterocycles. The van der Waals surface area contributed by atoms with Crippen molar-refractivity contribution >= 4 is 11.3 Å². The first-order chi connectivity index (χ1) is 8.06. The van der Waals surface area contributed by atoms with Gasteiger partial charge in [0.15, 0.2) is 0 Å². The average Bonchev–Trinajstić information content (AvgIpc) is 2.63. The second-order valence-electron chi connectivity index (χ2n) is 4.29. The molecule has 0 bridgehead atoms. The smallest absolute Gasteiger partial charge is 0.102 e. The van der Waals surface area contributed by atoms with Gasteiger partial charge in [0.1, 0.15) is 6.10 Å². The van der Waals surface area contributed by atoms with Crippen LogP contribution in [0.25, 0.3) is 0 Å². The molecule has 1 unspecified atom stereocenters. The molecule has 0 aliphatic carbocycles. The Labute approximate surface area is 105 Å². The molecule has 1 N–H and O–H groups in total. The lowest BCUT2D eigenvalue weighted by atomic mass is 10.1. The Morgan fingerprint density at radius 3 is 2.71 bits per heavy atom. The number of rotatable bonds is 3. The third-order valence-electron chi connectivity index (χ3n) is 2.64. The molecule has 0 amide bonds. The van der Waals surface area contributed by atoms with E-state index in [9.17, 15) is 5.11 Å². The minimum atomic E-state index is -0.572. The average molecular weight is 248 g/mol. The van der Waals surface area contributed by atoms with Gasteiger partial charge in [-0.1, -0.05) is 6.07 Å². The van der Waals surface area contributed by atoms with Crippen LogP contribution in [0.5, 0.6) is 0 Å². The van der Waals surface area contributed by atoms with E-state index in [0.29, 0.717) is 6.42 Å². The van der Waals surface area contributed by atoms with E-state index in [2.05, 4.69) is 9.97 Å². The van der Waals surface area contributed by atoms with E-state index in [4.69, 9.17) is 0 Å². The summed E-state index contributed by atoms with van der Waals surface area (Å²) in [5.74, 6) is 0. The zero-order chi connectivity index (χ0) is 12.4. The Morgan fingerprint density at radius 1 is 1.35 bits per heavy atom. The highest BCUT2D eigenvalue weighted by molar-refractivity contribution is 7.09. The Bertz CT molecular complexity index is 522. The highest BCUT2D eigenvalue weighted by Gasteiger charge is 2.14. The molecule has 0 fully saturated rings. The highest BCUT2D eigenvalue weighted by Crippen LogP contribution is 2.21. The molecular formula is C13H16N2OS. The van der Waals surface area contributed by atoms with Crippen molar-refractivity contribution in [1.29, 1.82) is 0 Å². The summed E-state index contributed by atoms with van der Waals surface area (Å²) in [5, 5.41) is 13.2. The number of aliphatic hydroxyl groups excluding tert-OH is 1. The molecule has 2 rings (SSSR count). The lowest BCUT2D eigenvalue weighted by molar-refractivity contribution is 0.171. The van der Waals surface area contributed by atoms with Gasteiger partial charge >= 0.3 is 0 Å². The summed E-state index contributed by atoms with van der Waals surface area (Å²) in [6, 6.07) is 2.04. The standard InChI is InChI=1S/C13H16N2OS/c1-8-4-9(2)13(14-6-8)12(16)5-11-7-17-10(3)15-11/h4,6-7,12,16H,5H2,1-3H3. The molecule has 90 valence electrons. The molecule has 2 aromatic rings. The maximum Gasteiger partial charge on any atom is 0.102 e. The first-order valence-corrected chi connectivity index (χ1v) is 6.46. The summed E-state index contributed by atoms with van der Waals surface area (Å²) in [5.41, 5.74) is 3.83. The van der Waals surface area contributed by atoms with Crippen LogP contribution in [0.15, 0.2) is 17.6 Å². The molecule has 0 radical (unpaired) electrons. The van der Waals surface area contributed by atoms with Crippen LogP contribution in [-0.2, 0) is 6.42 Å².